The molecule has 3 atom stereocenters. The highest BCUT2D eigenvalue weighted by molar-refractivity contribution is 5.95. The summed E-state index contributed by atoms with van der Waals surface area (Å²) in [6.07, 6.45) is -9.75. The van der Waals surface area contributed by atoms with Crippen LogP contribution in [0.15, 0.2) is 42.5 Å². The number of rotatable bonds is 4. The van der Waals surface area contributed by atoms with Gasteiger partial charge in [-0.1, -0.05) is 12.1 Å². The number of nitrogens with one attached hydrogen (secondary N) is 1. The maximum Gasteiger partial charge on any atom is 0.416 e. The molecular formula is C22H18F7NO3. The summed E-state index contributed by atoms with van der Waals surface area (Å²) in [5, 5.41) is 2.45. The second-order valence-corrected chi connectivity index (χ2v) is 7.66. The van der Waals surface area contributed by atoms with Crippen molar-refractivity contribution in [3.8, 4) is 0 Å². The Labute approximate surface area is 183 Å². The fourth-order valence-corrected chi connectivity index (χ4v) is 4.06. The molecule has 3 rings (SSSR count). The molecule has 1 N–H and O–H groups in total. The molecule has 1 saturated carbocycles. The summed E-state index contributed by atoms with van der Waals surface area (Å²) in [6, 6.07) is 4.87. The molecule has 0 spiro atoms. The highest BCUT2D eigenvalue weighted by Crippen LogP contribution is 2.41. The van der Waals surface area contributed by atoms with Crippen molar-refractivity contribution in [1.82, 2.24) is 5.32 Å². The van der Waals surface area contributed by atoms with Crippen molar-refractivity contribution >= 4 is 11.9 Å². The lowest BCUT2D eigenvalue weighted by molar-refractivity contribution is -0.146. The van der Waals surface area contributed by atoms with Crippen LogP contribution >= 0.6 is 0 Å². The number of esters is 1. The van der Waals surface area contributed by atoms with Crippen LogP contribution in [0, 0.1) is 11.7 Å². The predicted octanol–water partition coefficient (Wildman–Crippen LogP) is 5.33. The van der Waals surface area contributed by atoms with Gasteiger partial charge >= 0.3 is 18.3 Å². The van der Waals surface area contributed by atoms with Crippen molar-refractivity contribution in [2.24, 2.45) is 5.92 Å². The molecule has 0 bridgehead atoms. The van der Waals surface area contributed by atoms with Gasteiger partial charge in [0.05, 0.1) is 24.2 Å². The van der Waals surface area contributed by atoms with E-state index in [0.29, 0.717) is 17.7 Å². The monoisotopic (exact) mass is 477 g/mol. The van der Waals surface area contributed by atoms with Crippen LogP contribution < -0.4 is 5.32 Å². The molecule has 0 radical (unpaired) electrons. The minimum absolute atomic E-state index is 0.0685. The van der Waals surface area contributed by atoms with Gasteiger partial charge in [-0.2, -0.15) is 26.3 Å². The third-order valence-corrected chi connectivity index (χ3v) is 5.58. The van der Waals surface area contributed by atoms with Crippen LogP contribution in [0.3, 0.4) is 0 Å². The van der Waals surface area contributed by atoms with Crippen molar-refractivity contribution in [3.63, 3.8) is 0 Å². The minimum Gasteiger partial charge on any atom is -0.469 e. The van der Waals surface area contributed by atoms with Gasteiger partial charge in [0.25, 0.3) is 5.91 Å². The van der Waals surface area contributed by atoms with Crippen molar-refractivity contribution in [2.75, 3.05) is 7.11 Å². The summed E-state index contributed by atoms with van der Waals surface area (Å²) in [7, 11) is 1.16. The Bertz CT molecular complexity index is 1000. The molecule has 1 aliphatic rings. The predicted molar refractivity (Wildman–Crippen MR) is 102 cm³/mol. The molecular weight excluding hydrogens is 459 g/mol. The number of amides is 1. The van der Waals surface area contributed by atoms with Gasteiger partial charge in [0.1, 0.15) is 5.82 Å². The number of ether oxygens (including phenoxy) is 1. The van der Waals surface area contributed by atoms with Crippen LogP contribution in [-0.2, 0) is 21.9 Å². The summed E-state index contributed by atoms with van der Waals surface area (Å²) in [6.45, 7) is 0. The van der Waals surface area contributed by atoms with Gasteiger partial charge in [-0.15, -0.1) is 0 Å². The second kappa shape index (κ2) is 9.03. The fourth-order valence-electron chi connectivity index (χ4n) is 4.06. The van der Waals surface area contributed by atoms with Gasteiger partial charge in [-0.25, -0.2) is 4.39 Å². The third kappa shape index (κ3) is 5.45. The first-order valence-electron chi connectivity index (χ1n) is 9.75. The largest absolute Gasteiger partial charge is 0.469 e. The van der Waals surface area contributed by atoms with Crippen molar-refractivity contribution in [3.05, 3.63) is 70.5 Å². The lowest BCUT2D eigenvalue weighted by Crippen LogP contribution is -2.39. The zero-order valence-electron chi connectivity index (χ0n) is 17.1. The van der Waals surface area contributed by atoms with Crippen LogP contribution in [0.2, 0.25) is 0 Å². The number of halogens is 7. The zero-order chi connectivity index (χ0) is 24.6. The number of methoxy groups -OCH3 is 1. The van der Waals surface area contributed by atoms with Crippen LogP contribution in [0.25, 0.3) is 0 Å². The molecule has 0 aliphatic heterocycles. The van der Waals surface area contributed by atoms with Gasteiger partial charge in [0.15, 0.2) is 0 Å². The molecule has 33 heavy (non-hydrogen) atoms. The van der Waals surface area contributed by atoms with Gasteiger partial charge in [0.2, 0.25) is 0 Å². The summed E-state index contributed by atoms with van der Waals surface area (Å²) >= 11 is 0. The van der Waals surface area contributed by atoms with E-state index < -0.39 is 64.6 Å². The van der Waals surface area contributed by atoms with E-state index in [-0.39, 0.29) is 18.9 Å². The lowest BCUT2D eigenvalue weighted by atomic mass is 9.86. The molecule has 178 valence electrons. The van der Waals surface area contributed by atoms with E-state index in [1.165, 1.54) is 12.1 Å². The Morgan fingerprint density at radius 3 is 1.94 bits per heavy atom. The minimum atomic E-state index is -5.10. The number of carbonyl (C=O) groups is 2. The number of alkyl halides is 6. The van der Waals surface area contributed by atoms with Crippen molar-refractivity contribution in [1.29, 1.82) is 0 Å². The van der Waals surface area contributed by atoms with E-state index in [2.05, 4.69) is 5.32 Å². The van der Waals surface area contributed by atoms with Gasteiger partial charge < -0.3 is 10.1 Å². The topological polar surface area (TPSA) is 55.4 Å². The maximum absolute atomic E-state index is 13.3. The summed E-state index contributed by atoms with van der Waals surface area (Å²) in [5.74, 6) is -3.75. The van der Waals surface area contributed by atoms with Crippen LogP contribution in [0.1, 0.15) is 45.8 Å². The molecule has 2 aromatic carbocycles. The number of carbonyl (C=O) groups excluding carboxylic acids is 2. The Morgan fingerprint density at radius 1 is 0.909 bits per heavy atom. The number of hydrogen-bond donors (Lipinski definition) is 1. The van der Waals surface area contributed by atoms with Crippen LogP contribution in [0.4, 0.5) is 30.7 Å². The quantitative estimate of drug-likeness (QED) is 0.479. The molecule has 2 aromatic rings. The average molecular weight is 477 g/mol. The molecule has 4 nitrogen and oxygen atoms in total. The Kier molecular flexibility index (Phi) is 6.71. The Hall–Kier alpha value is -3.11. The SMILES string of the molecule is COC(=O)[C@@H]1CC[C@@H](NC(=O)c2cc(C(F)(F)F)cc(C(F)(F)F)c2)[C@H]1c1ccc(F)cc1. The highest BCUT2D eigenvalue weighted by Gasteiger charge is 2.43. The fraction of sp³-hybridized carbons (Fsp3) is 0.364. The van der Waals surface area contributed by atoms with E-state index in [4.69, 9.17) is 4.74 Å². The first kappa shape index (κ1) is 24.5. The van der Waals surface area contributed by atoms with Crippen LogP contribution in [0.5, 0.6) is 0 Å². The van der Waals surface area contributed by atoms with Gasteiger partial charge in [-0.3, -0.25) is 9.59 Å². The second-order valence-electron chi connectivity index (χ2n) is 7.66. The van der Waals surface area contributed by atoms with Crippen LogP contribution in [-0.4, -0.2) is 25.0 Å². The van der Waals surface area contributed by atoms with E-state index in [1.807, 2.05) is 0 Å². The van der Waals surface area contributed by atoms with Gasteiger partial charge in [-0.05, 0) is 48.7 Å². The number of hydrogen-bond acceptors (Lipinski definition) is 3. The molecule has 1 fully saturated rings. The standard InChI is InChI=1S/C22H18F7NO3/c1-33-20(32)16-6-7-17(18(16)11-2-4-15(23)5-3-11)30-19(31)12-8-13(21(24,25)26)10-14(9-12)22(27,28)29/h2-5,8-10,16-18H,6-7H2,1H3,(H,30,31)/t16-,17-,18+/m1/s1. The summed E-state index contributed by atoms with van der Waals surface area (Å²) < 4.78 is 96.8. The van der Waals surface area contributed by atoms with E-state index in [1.54, 1.807) is 0 Å². The summed E-state index contributed by atoms with van der Waals surface area (Å²) in [5.41, 5.74) is -3.58. The van der Waals surface area contributed by atoms with E-state index in [9.17, 15) is 40.3 Å². The smallest absolute Gasteiger partial charge is 0.416 e. The number of benzene rings is 2. The van der Waals surface area contributed by atoms with E-state index in [0.717, 1.165) is 19.2 Å². The summed E-state index contributed by atoms with van der Waals surface area (Å²) in [4.78, 5) is 24.9. The molecule has 11 heteroatoms. The first-order valence-corrected chi connectivity index (χ1v) is 9.75. The normalized spacial score (nSPS) is 21.0. The average Bonchev–Trinajstić information content (AvgIpc) is 3.15. The molecule has 0 saturated heterocycles. The molecule has 0 heterocycles. The van der Waals surface area contributed by atoms with Crippen molar-refractivity contribution in [2.45, 2.75) is 37.2 Å². The molecule has 0 aromatic heterocycles. The van der Waals surface area contributed by atoms with Crippen molar-refractivity contribution < 1.29 is 45.1 Å². The first-order chi connectivity index (χ1) is 15.3. The molecule has 1 aliphatic carbocycles. The third-order valence-electron chi connectivity index (χ3n) is 5.58. The zero-order valence-corrected chi connectivity index (χ0v) is 17.1. The van der Waals surface area contributed by atoms with Gasteiger partial charge in [0, 0.05) is 17.5 Å². The van der Waals surface area contributed by atoms with E-state index >= 15 is 0 Å². The Balaban J connectivity index is 1.95. The lowest BCUT2D eigenvalue weighted by Gasteiger charge is -2.25. The molecule has 1 amide bonds. The highest BCUT2D eigenvalue weighted by atomic mass is 19.4. The Morgan fingerprint density at radius 2 is 1.45 bits per heavy atom. The molecule has 0 unspecified atom stereocenters. The maximum atomic E-state index is 13.3.